The van der Waals surface area contributed by atoms with E-state index in [1.165, 1.54) is 0 Å². The highest BCUT2D eigenvalue weighted by molar-refractivity contribution is 9.10. The number of nitriles is 1. The Morgan fingerprint density at radius 2 is 1.96 bits per heavy atom. The van der Waals surface area contributed by atoms with Gasteiger partial charge in [0.2, 0.25) is 0 Å². The van der Waals surface area contributed by atoms with Crippen LogP contribution in [-0.2, 0) is 10.7 Å². The number of rotatable bonds is 5. The van der Waals surface area contributed by atoms with E-state index in [9.17, 15) is 24.4 Å². The molecule has 2 aromatic carbocycles. The van der Waals surface area contributed by atoms with E-state index >= 15 is 0 Å². The first-order valence-electron chi connectivity index (χ1n) is 7.87. The largest absolute Gasteiger partial charge is 0.332 e. The van der Waals surface area contributed by atoms with Crippen molar-refractivity contribution < 1.29 is 19.1 Å². The van der Waals surface area contributed by atoms with E-state index in [0.29, 0.717) is 21.4 Å². The van der Waals surface area contributed by atoms with Crippen LogP contribution >= 0.6 is 34.9 Å². The standard InChI is InChI=1S/C18H13BrN3O4PS/c19-13-6-7-14(12(8-13)9-20)21-18(23)17-16(11-4-2-1-3-5-11)22-15(28-17)10-27(24,25)26/h1-8H,10H2,(H,21,23)(H2,24,25,26). The van der Waals surface area contributed by atoms with Crippen LogP contribution in [0.15, 0.2) is 53.0 Å². The van der Waals surface area contributed by atoms with Gasteiger partial charge in [-0.15, -0.1) is 11.3 Å². The summed E-state index contributed by atoms with van der Waals surface area (Å²) in [5.74, 6) is -0.507. The highest BCUT2D eigenvalue weighted by Gasteiger charge is 2.24. The highest BCUT2D eigenvalue weighted by atomic mass is 79.9. The molecule has 0 aliphatic carbocycles. The summed E-state index contributed by atoms with van der Waals surface area (Å²) in [6.07, 6.45) is -0.549. The molecule has 0 spiro atoms. The van der Waals surface area contributed by atoms with Gasteiger partial charge < -0.3 is 15.1 Å². The molecule has 142 valence electrons. The van der Waals surface area contributed by atoms with E-state index in [0.717, 1.165) is 11.3 Å². The Labute approximate surface area is 173 Å². The fourth-order valence-corrected chi connectivity index (χ4v) is 4.77. The Morgan fingerprint density at radius 3 is 2.61 bits per heavy atom. The van der Waals surface area contributed by atoms with Crippen LogP contribution in [0.2, 0.25) is 0 Å². The van der Waals surface area contributed by atoms with Gasteiger partial charge in [-0.05, 0) is 18.2 Å². The zero-order valence-corrected chi connectivity index (χ0v) is 17.5. The molecule has 10 heteroatoms. The first-order chi connectivity index (χ1) is 13.3. The van der Waals surface area contributed by atoms with Crippen molar-refractivity contribution in [3.8, 4) is 17.3 Å². The summed E-state index contributed by atoms with van der Waals surface area (Å²) < 4.78 is 12.1. The fraction of sp³-hybridized carbons (Fsp3) is 0.0556. The second-order valence-electron chi connectivity index (χ2n) is 5.73. The van der Waals surface area contributed by atoms with Gasteiger partial charge in [-0.25, -0.2) is 4.98 Å². The smallest absolute Gasteiger partial charge is 0.324 e. The lowest BCUT2D eigenvalue weighted by Crippen LogP contribution is -2.12. The van der Waals surface area contributed by atoms with Crippen molar-refractivity contribution in [2.24, 2.45) is 0 Å². The monoisotopic (exact) mass is 477 g/mol. The molecule has 1 amide bonds. The molecule has 28 heavy (non-hydrogen) atoms. The van der Waals surface area contributed by atoms with Crippen LogP contribution in [0, 0.1) is 11.3 Å². The molecule has 1 aromatic heterocycles. The van der Waals surface area contributed by atoms with Crippen LogP contribution in [0.4, 0.5) is 5.69 Å². The molecule has 0 bridgehead atoms. The van der Waals surface area contributed by atoms with Gasteiger partial charge in [-0.2, -0.15) is 5.26 Å². The minimum absolute atomic E-state index is 0.161. The minimum atomic E-state index is -4.33. The molecule has 3 N–H and O–H groups in total. The molecule has 0 aliphatic heterocycles. The number of anilines is 1. The molecule has 0 radical (unpaired) electrons. The topological polar surface area (TPSA) is 123 Å². The zero-order valence-electron chi connectivity index (χ0n) is 14.2. The molecule has 0 fully saturated rings. The number of aromatic nitrogens is 1. The molecule has 0 aliphatic rings. The molecule has 1 heterocycles. The van der Waals surface area contributed by atoms with Crippen molar-refractivity contribution >= 4 is 46.5 Å². The Bertz CT molecular complexity index is 1120. The van der Waals surface area contributed by atoms with Gasteiger partial charge >= 0.3 is 7.60 Å². The summed E-state index contributed by atoms with van der Waals surface area (Å²) >= 11 is 4.19. The summed E-state index contributed by atoms with van der Waals surface area (Å²) in [6.45, 7) is 0. The lowest BCUT2D eigenvalue weighted by atomic mass is 10.1. The maximum absolute atomic E-state index is 12.9. The molecule has 7 nitrogen and oxygen atoms in total. The molecule has 3 aromatic rings. The van der Waals surface area contributed by atoms with Gasteiger partial charge in [0, 0.05) is 10.0 Å². The summed E-state index contributed by atoms with van der Waals surface area (Å²) in [7, 11) is -4.33. The summed E-state index contributed by atoms with van der Waals surface area (Å²) in [5, 5.41) is 12.1. The SMILES string of the molecule is N#Cc1cc(Br)ccc1NC(=O)c1sc(CP(=O)(O)O)nc1-c1ccccc1. The average Bonchev–Trinajstić information content (AvgIpc) is 3.06. The van der Waals surface area contributed by atoms with Gasteiger partial charge in [0.25, 0.3) is 5.91 Å². The van der Waals surface area contributed by atoms with Crippen LogP contribution in [0.25, 0.3) is 11.3 Å². The second-order valence-corrected chi connectivity index (χ2v) is 9.37. The first kappa shape index (κ1) is 20.4. The third-order valence-corrected chi connectivity index (χ3v) is 6.09. The number of hydrogen-bond acceptors (Lipinski definition) is 5. The Balaban J connectivity index is 2.01. The lowest BCUT2D eigenvalue weighted by Gasteiger charge is -2.07. The Hall–Kier alpha value is -2.34. The summed E-state index contributed by atoms with van der Waals surface area (Å²) in [6, 6.07) is 15.8. The van der Waals surface area contributed by atoms with Crippen molar-refractivity contribution in [3.63, 3.8) is 0 Å². The quantitative estimate of drug-likeness (QED) is 0.468. The molecule has 3 rings (SSSR count). The maximum Gasteiger partial charge on any atom is 0.332 e. The van der Waals surface area contributed by atoms with E-state index in [1.807, 2.05) is 12.1 Å². The van der Waals surface area contributed by atoms with Crippen LogP contribution in [0.3, 0.4) is 0 Å². The first-order valence-corrected chi connectivity index (χ1v) is 11.3. The van der Waals surface area contributed by atoms with Crippen molar-refractivity contribution in [1.29, 1.82) is 5.26 Å². The predicted molar refractivity (Wildman–Crippen MR) is 110 cm³/mol. The van der Waals surface area contributed by atoms with Crippen molar-refractivity contribution in [1.82, 2.24) is 4.98 Å². The summed E-state index contributed by atoms with van der Waals surface area (Å²) in [5.41, 5.74) is 1.60. The van der Waals surface area contributed by atoms with E-state index in [-0.39, 0.29) is 15.4 Å². The zero-order chi connectivity index (χ0) is 20.3. The fourth-order valence-electron chi connectivity index (χ4n) is 2.45. The highest BCUT2D eigenvalue weighted by Crippen LogP contribution is 2.42. The van der Waals surface area contributed by atoms with Gasteiger partial charge in [0.1, 0.15) is 22.1 Å². The van der Waals surface area contributed by atoms with Crippen LogP contribution in [0.1, 0.15) is 20.2 Å². The number of benzene rings is 2. The van der Waals surface area contributed by atoms with Gasteiger partial charge in [-0.1, -0.05) is 46.3 Å². The number of amides is 1. The van der Waals surface area contributed by atoms with Gasteiger partial charge in [0.05, 0.1) is 16.9 Å². The number of halogens is 1. The molecular formula is C18H13BrN3O4PS. The number of carbonyl (C=O) groups is 1. The van der Waals surface area contributed by atoms with E-state index < -0.39 is 19.7 Å². The lowest BCUT2D eigenvalue weighted by molar-refractivity contribution is 0.103. The van der Waals surface area contributed by atoms with Gasteiger partial charge in [-0.3, -0.25) is 9.36 Å². The Morgan fingerprint density at radius 1 is 1.25 bits per heavy atom. The van der Waals surface area contributed by atoms with Crippen LogP contribution < -0.4 is 5.32 Å². The molecule has 0 atom stereocenters. The molecular weight excluding hydrogens is 465 g/mol. The third kappa shape index (κ3) is 4.93. The number of nitrogens with one attached hydrogen (secondary N) is 1. The normalized spacial score (nSPS) is 11.1. The summed E-state index contributed by atoms with van der Waals surface area (Å²) in [4.78, 5) is 35.9. The van der Waals surface area contributed by atoms with Crippen molar-refractivity contribution in [3.05, 3.63) is 68.5 Å². The third-order valence-electron chi connectivity index (χ3n) is 3.62. The van der Waals surface area contributed by atoms with Crippen LogP contribution in [-0.4, -0.2) is 20.7 Å². The maximum atomic E-state index is 12.9. The van der Waals surface area contributed by atoms with E-state index in [2.05, 4.69) is 26.2 Å². The van der Waals surface area contributed by atoms with Gasteiger partial charge in [0.15, 0.2) is 0 Å². The Kier molecular flexibility index (Phi) is 6.08. The molecule has 0 saturated heterocycles. The van der Waals surface area contributed by atoms with E-state index in [1.54, 1.807) is 42.5 Å². The minimum Gasteiger partial charge on any atom is -0.324 e. The molecule has 0 saturated carbocycles. The average molecular weight is 478 g/mol. The van der Waals surface area contributed by atoms with Crippen LogP contribution in [0.5, 0.6) is 0 Å². The van der Waals surface area contributed by atoms with E-state index in [4.69, 9.17) is 0 Å². The number of hydrogen-bond donors (Lipinski definition) is 3. The van der Waals surface area contributed by atoms with Crippen molar-refractivity contribution in [2.45, 2.75) is 6.16 Å². The second kappa shape index (κ2) is 8.35. The number of nitrogens with zero attached hydrogens (tertiary/aromatic N) is 2. The number of thiazole rings is 1. The number of carbonyl (C=O) groups excluding carboxylic acids is 1. The molecule has 0 unspecified atom stereocenters. The predicted octanol–water partition coefficient (Wildman–Crippen LogP) is 4.37. The van der Waals surface area contributed by atoms with Crippen molar-refractivity contribution in [2.75, 3.05) is 5.32 Å².